The molecule has 0 heterocycles. The molecular weight excluding hydrogens is 260 g/mol. The summed E-state index contributed by atoms with van der Waals surface area (Å²) in [7, 11) is 1.55. The number of methoxy groups -OCH3 is 1. The second-order valence-electron chi connectivity index (χ2n) is 8.24. The van der Waals surface area contributed by atoms with Crippen molar-refractivity contribution in [3.8, 4) is 0 Å². The summed E-state index contributed by atoms with van der Waals surface area (Å²) in [5.41, 5.74) is 1.72. The van der Waals surface area contributed by atoms with Crippen LogP contribution in [0.25, 0.3) is 0 Å². The summed E-state index contributed by atoms with van der Waals surface area (Å²) < 4.78 is 5.22. The molecule has 4 bridgehead atoms. The van der Waals surface area contributed by atoms with E-state index >= 15 is 0 Å². The van der Waals surface area contributed by atoms with E-state index in [4.69, 9.17) is 4.74 Å². The molecule has 0 aromatic heterocycles. The SMILES string of the molecule is COC(=O)C12CC3C[C@@](C)(C1)C[C@](c1ccccc1)(C3)C2. The van der Waals surface area contributed by atoms with Crippen LogP contribution in [0.3, 0.4) is 0 Å². The average molecular weight is 284 g/mol. The maximum Gasteiger partial charge on any atom is 0.311 e. The highest BCUT2D eigenvalue weighted by Crippen LogP contribution is 2.70. The van der Waals surface area contributed by atoms with E-state index < -0.39 is 0 Å². The summed E-state index contributed by atoms with van der Waals surface area (Å²) in [4.78, 5) is 12.6. The lowest BCUT2D eigenvalue weighted by atomic mass is 9.39. The van der Waals surface area contributed by atoms with Crippen molar-refractivity contribution in [2.24, 2.45) is 16.7 Å². The zero-order valence-electron chi connectivity index (χ0n) is 13.0. The Bertz CT molecular complexity index is 580. The van der Waals surface area contributed by atoms with Gasteiger partial charge in [0.2, 0.25) is 0 Å². The van der Waals surface area contributed by atoms with Gasteiger partial charge in [0.15, 0.2) is 0 Å². The van der Waals surface area contributed by atoms with E-state index in [0.29, 0.717) is 11.3 Å². The smallest absolute Gasteiger partial charge is 0.311 e. The van der Waals surface area contributed by atoms with Gasteiger partial charge < -0.3 is 4.74 Å². The maximum absolute atomic E-state index is 12.6. The molecule has 4 saturated carbocycles. The van der Waals surface area contributed by atoms with Crippen LogP contribution in [0, 0.1) is 16.7 Å². The average Bonchev–Trinajstić information content (AvgIpc) is 2.45. The van der Waals surface area contributed by atoms with Crippen LogP contribution in [-0.2, 0) is 14.9 Å². The molecule has 4 fully saturated rings. The third-order valence-corrected chi connectivity index (χ3v) is 6.35. The normalized spacial score (nSPS) is 43.8. The topological polar surface area (TPSA) is 26.3 Å². The van der Waals surface area contributed by atoms with Crippen LogP contribution < -0.4 is 0 Å². The van der Waals surface area contributed by atoms with Gasteiger partial charge in [0.05, 0.1) is 12.5 Å². The molecule has 0 radical (unpaired) electrons. The van der Waals surface area contributed by atoms with Crippen molar-refractivity contribution in [1.82, 2.24) is 0 Å². The lowest BCUT2D eigenvalue weighted by Gasteiger charge is -2.65. The Balaban J connectivity index is 1.82. The van der Waals surface area contributed by atoms with Gasteiger partial charge >= 0.3 is 5.97 Å². The fourth-order valence-electron chi connectivity index (χ4n) is 6.48. The molecule has 4 aliphatic carbocycles. The molecule has 1 aromatic carbocycles. The van der Waals surface area contributed by atoms with Crippen molar-refractivity contribution >= 4 is 5.97 Å². The Morgan fingerprint density at radius 2 is 1.86 bits per heavy atom. The first-order valence-corrected chi connectivity index (χ1v) is 8.13. The second-order valence-corrected chi connectivity index (χ2v) is 8.24. The zero-order chi connectivity index (χ0) is 14.7. The van der Waals surface area contributed by atoms with Crippen LogP contribution in [-0.4, -0.2) is 13.1 Å². The van der Waals surface area contributed by atoms with Crippen molar-refractivity contribution in [3.63, 3.8) is 0 Å². The van der Waals surface area contributed by atoms with Gasteiger partial charge in [-0.3, -0.25) is 4.79 Å². The minimum atomic E-state index is -0.223. The van der Waals surface area contributed by atoms with Gasteiger partial charge in [-0.2, -0.15) is 0 Å². The molecular formula is C19H24O2. The summed E-state index contributed by atoms with van der Waals surface area (Å²) in [6.07, 6.45) is 6.84. The van der Waals surface area contributed by atoms with Gasteiger partial charge in [-0.1, -0.05) is 37.3 Å². The molecule has 2 nitrogen and oxygen atoms in total. The molecule has 5 rings (SSSR count). The molecule has 21 heavy (non-hydrogen) atoms. The Labute approximate surface area is 126 Å². The highest BCUT2D eigenvalue weighted by atomic mass is 16.5. The highest BCUT2D eigenvalue weighted by molar-refractivity contribution is 5.78. The summed E-state index contributed by atoms with van der Waals surface area (Å²) in [5.74, 6) is 0.726. The van der Waals surface area contributed by atoms with Gasteiger partial charge in [0.1, 0.15) is 0 Å². The third kappa shape index (κ3) is 1.81. The third-order valence-electron chi connectivity index (χ3n) is 6.35. The van der Waals surface area contributed by atoms with Crippen molar-refractivity contribution < 1.29 is 9.53 Å². The van der Waals surface area contributed by atoms with E-state index in [1.54, 1.807) is 7.11 Å². The molecule has 4 aliphatic rings. The predicted molar refractivity (Wildman–Crippen MR) is 81.9 cm³/mol. The fourth-order valence-corrected chi connectivity index (χ4v) is 6.48. The molecule has 2 heteroatoms. The van der Waals surface area contributed by atoms with Crippen molar-refractivity contribution in [2.45, 2.75) is 50.9 Å². The Hall–Kier alpha value is -1.31. The van der Waals surface area contributed by atoms with Crippen LogP contribution in [0.4, 0.5) is 0 Å². The number of esters is 1. The number of carbonyl (C=O) groups excluding carboxylic acids is 1. The predicted octanol–water partition coefficient (Wildman–Crippen LogP) is 4.09. The molecule has 112 valence electrons. The lowest BCUT2D eigenvalue weighted by Crippen LogP contribution is -2.60. The molecule has 0 saturated heterocycles. The van der Waals surface area contributed by atoms with E-state index in [2.05, 4.69) is 37.3 Å². The van der Waals surface area contributed by atoms with E-state index in [9.17, 15) is 4.79 Å². The number of hydrogen-bond donors (Lipinski definition) is 0. The largest absolute Gasteiger partial charge is 0.469 e. The van der Waals surface area contributed by atoms with Gasteiger partial charge in [0.25, 0.3) is 0 Å². The minimum absolute atomic E-state index is 0.0399. The lowest BCUT2D eigenvalue weighted by molar-refractivity contribution is -0.180. The first-order chi connectivity index (χ1) is 9.99. The van der Waals surface area contributed by atoms with Crippen LogP contribution in [0.1, 0.15) is 51.0 Å². The highest BCUT2D eigenvalue weighted by Gasteiger charge is 2.65. The van der Waals surface area contributed by atoms with E-state index in [-0.39, 0.29) is 16.8 Å². The molecule has 2 unspecified atom stereocenters. The number of hydrogen-bond acceptors (Lipinski definition) is 2. The zero-order valence-corrected chi connectivity index (χ0v) is 13.0. The van der Waals surface area contributed by atoms with E-state index in [1.807, 2.05) is 0 Å². The number of carbonyl (C=O) groups is 1. The van der Waals surface area contributed by atoms with E-state index in [1.165, 1.54) is 24.8 Å². The maximum atomic E-state index is 12.6. The second kappa shape index (κ2) is 4.12. The van der Waals surface area contributed by atoms with Crippen LogP contribution in [0.2, 0.25) is 0 Å². The van der Waals surface area contributed by atoms with Gasteiger partial charge in [-0.05, 0) is 60.8 Å². The molecule has 0 amide bonds. The summed E-state index contributed by atoms with van der Waals surface area (Å²) >= 11 is 0. The molecule has 0 aliphatic heterocycles. The molecule has 0 spiro atoms. The Kier molecular flexibility index (Phi) is 2.62. The van der Waals surface area contributed by atoms with Gasteiger partial charge in [-0.25, -0.2) is 0 Å². The quantitative estimate of drug-likeness (QED) is 0.765. The molecule has 1 aromatic rings. The van der Waals surface area contributed by atoms with Crippen molar-refractivity contribution in [2.75, 3.05) is 7.11 Å². The van der Waals surface area contributed by atoms with E-state index in [0.717, 1.165) is 19.3 Å². The van der Waals surface area contributed by atoms with Crippen LogP contribution in [0.15, 0.2) is 30.3 Å². The first-order valence-electron chi connectivity index (χ1n) is 8.13. The summed E-state index contributed by atoms with van der Waals surface area (Å²) in [5, 5.41) is 0. The summed E-state index contributed by atoms with van der Waals surface area (Å²) in [6, 6.07) is 10.9. The fraction of sp³-hybridized carbons (Fsp3) is 0.632. The standard InChI is InChI=1S/C19H24O2/c1-17-8-14-9-18(11-17,15-6-4-3-5-7-15)13-19(10-14,12-17)16(20)21-2/h3-7,14H,8-13H2,1-2H3/t14?,17-,18-,19?/m1/s1. The minimum Gasteiger partial charge on any atom is -0.469 e. The number of ether oxygens (including phenoxy) is 1. The monoisotopic (exact) mass is 284 g/mol. The van der Waals surface area contributed by atoms with Crippen LogP contribution >= 0.6 is 0 Å². The van der Waals surface area contributed by atoms with Crippen molar-refractivity contribution in [3.05, 3.63) is 35.9 Å². The molecule has 4 atom stereocenters. The van der Waals surface area contributed by atoms with Crippen LogP contribution in [0.5, 0.6) is 0 Å². The Morgan fingerprint density at radius 1 is 1.10 bits per heavy atom. The Morgan fingerprint density at radius 3 is 2.52 bits per heavy atom. The summed E-state index contributed by atoms with van der Waals surface area (Å²) in [6.45, 7) is 2.40. The molecule has 0 N–H and O–H groups in total. The first kappa shape index (κ1) is 13.4. The van der Waals surface area contributed by atoms with Crippen molar-refractivity contribution in [1.29, 1.82) is 0 Å². The van der Waals surface area contributed by atoms with Gasteiger partial charge in [0, 0.05) is 0 Å². The number of rotatable bonds is 2. The van der Waals surface area contributed by atoms with Gasteiger partial charge in [-0.15, -0.1) is 0 Å². The number of benzene rings is 1.